The lowest BCUT2D eigenvalue weighted by molar-refractivity contribution is -0.384. The second kappa shape index (κ2) is 6.51. The fraction of sp³-hybridized carbons (Fsp3) is 0.455. The minimum atomic E-state index is -0.574. The van der Waals surface area contributed by atoms with Gasteiger partial charge in [0.15, 0.2) is 0 Å². The molecule has 1 aromatic heterocycles. The highest BCUT2D eigenvalue weighted by atomic mass is 16.6. The van der Waals surface area contributed by atoms with E-state index >= 15 is 0 Å². The monoisotopic (exact) mass is 250 g/mol. The van der Waals surface area contributed by atoms with Crippen LogP contribution in [-0.4, -0.2) is 27.7 Å². The zero-order valence-corrected chi connectivity index (χ0v) is 9.96. The first-order chi connectivity index (χ1) is 8.58. The summed E-state index contributed by atoms with van der Waals surface area (Å²) < 4.78 is 0. The predicted molar refractivity (Wildman–Crippen MR) is 65.0 cm³/mol. The van der Waals surface area contributed by atoms with Crippen molar-refractivity contribution >= 4 is 11.5 Å². The third-order valence-electron chi connectivity index (χ3n) is 2.37. The molecule has 1 rings (SSSR count). The summed E-state index contributed by atoms with van der Waals surface area (Å²) in [4.78, 5) is 14.2. The molecule has 0 bridgehead atoms. The van der Waals surface area contributed by atoms with E-state index in [-0.39, 0.29) is 29.7 Å². The van der Waals surface area contributed by atoms with Crippen LogP contribution in [0.25, 0.3) is 0 Å². The zero-order chi connectivity index (χ0) is 13.5. The molecule has 0 radical (unpaired) electrons. The van der Waals surface area contributed by atoms with Crippen LogP contribution in [0.1, 0.15) is 25.3 Å². The van der Waals surface area contributed by atoms with E-state index in [0.29, 0.717) is 12.8 Å². The van der Waals surface area contributed by atoms with Crippen molar-refractivity contribution in [1.82, 2.24) is 4.98 Å². The lowest BCUT2D eigenvalue weighted by Crippen LogP contribution is -2.17. The van der Waals surface area contributed by atoms with Crippen LogP contribution in [0.2, 0.25) is 0 Å². The van der Waals surface area contributed by atoms with Gasteiger partial charge in [-0.15, -0.1) is 0 Å². The van der Waals surface area contributed by atoms with Crippen molar-refractivity contribution in [2.45, 2.75) is 25.8 Å². The first kappa shape index (κ1) is 13.9. The molecule has 0 saturated carbocycles. The fourth-order valence-corrected chi connectivity index (χ4v) is 1.47. The Labute approximate surface area is 104 Å². The summed E-state index contributed by atoms with van der Waals surface area (Å²) >= 11 is 0. The molecule has 2 N–H and O–H groups in total. The summed E-state index contributed by atoms with van der Waals surface area (Å²) in [5.41, 5.74) is -0.0693. The van der Waals surface area contributed by atoms with Crippen molar-refractivity contribution < 1.29 is 10.0 Å². The molecule has 0 aromatic carbocycles. The van der Waals surface area contributed by atoms with Crippen molar-refractivity contribution in [1.29, 1.82) is 5.26 Å². The van der Waals surface area contributed by atoms with Crippen molar-refractivity contribution in [3.8, 4) is 6.07 Å². The Morgan fingerprint density at radius 2 is 2.44 bits per heavy atom. The molecule has 1 unspecified atom stereocenters. The maximum atomic E-state index is 10.9. The van der Waals surface area contributed by atoms with Gasteiger partial charge in [0, 0.05) is 24.9 Å². The van der Waals surface area contributed by atoms with Gasteiger partial charge in [0.05, 0.1) is 10.5 Å². The van der Waals surface area contributed by atoms with E-state index in [1.165, 1.54) is 12.3 Å². The molecule has 1 aromatic rings. The van der Waals surface area contributed by atoms with Crippen LogP contribution in [0.15, 0.2) is 12.3 Å². The Morgan fingerprint density at radius 1 is 1.72 bits per heavy atom. The summed E-state index contributed by atoms with van der Waals surface area (Å²) in [6.07, 6.45) is 2.57. The molecule has 0 amide bonds. The number of aliphatic hydroxyl groups is 1. The molecule has 7 nitrogen and oxygen atoms in total. The average Bonchev–Trinajstić information content (AvgIpc) is 2.36. The first-order valence-electron chi connectivity index (χ1n) is 5.50. The van der Waals surface area contributed by atoms with Gasteiger partial charge < -0.3 is 10.4 Å². The second-order valence-electron chi connectivity index (χ2n) is 3.87. The Hall–Kier alpha value is -2.20. The summed E-state index contributed by atoms with van der Waals surface area (Å²) in [5.74, 6) is 0.143. The Bertz CT molecular complexity index is 470. The number of pyridine rings is 1. The van der Waals surface area contributed by atoms with E-state index < -0.39 is 4.92 Å². The van der Waals surface area contributed by atoms with Gasteiger partial charge in [-0.2, -0.15) is 5.26 Å². The van der Waals surface area contributed by atoms with E-state index in [1.807, 2.05) is 13.0 Å². The Morgan fingerprint density at radius 3 is 3.00 bits per heavy atom. The smallest absolute Gasteiger partial charge is 0.312 e. The van der Waals surface area contributed by atoms with Gasteiger partial charge in [0.2, 0.25) is 5.82 Å². The van der Waals surface area contributed by atoms with Crippen molar-refractivity contribution in [2.75, 3.05) is 11.9 Å². The number of nitrogens with zero attached hydrogens (tertiary/aromatic N) is 3. The van der Waals surface area contributed by atoms with Crippen LogP contribution >= 0.6 is 0 Å². The van der Waals surface area contributed by atoms with Crippen LogP contribution in [0.4, 0.5) is 11.5 Å². The minimum absolute atomic E-state index is 0.0451. The van der Waals surface area contributed by atoms with Gasteiger partial charge in [-0.1, -0.05) is 0 Å². The van der Waals surface area contributed by atoms with Crippen molar-refractivity contribution in [2.24, 2.45) is 0 Å². The zero-order valence-electron chi connectivity index (χ0n) is 9.96. The average molecular weight is 250 g/mol. The highest BCUT2D eigenvalue weighted by molar-refractivity contribution is 5.58. The molecule has 18 heavy (non-hydrogen) atoms. The molecular formula is C11H14N4O3. The molecule has 0 spiro atoms. The quantitative estimate of drug-likeness (QED) is 0.583. The van der Waals surface area contributed by atoms with Crippen LogP contribution in [0, 0.1) is 21.4 Å². The van der Waals surface area contributed by atoms with E-state index in [9.17, 15) is 10.1 Å². The normalized spacial score (nSPS) is 11.6. The molecule has 0 fully saturated rings. The minimum Gasteiger partial charge on any atom is -0.396 e. The van der Waals surface area contributed by atoms with Crippen LogP contribution < -0.4 is 5.32 Å². The number of hydrogen-bond donors (Lipinski definition) is 2. The second-order valence-corrected chi connectivity index (χ2v) is 3.87. The van der Waals surface area contributed by atoms with E-state index in [4.69, 9.17) is 10.4 Å². The maximum absolute atomic E-state index is 10.9. The molecular weight excluding hydrogens is 236 g/mol. The number of rotatable bonds is 6. The first-order valence-corrected chi connectivity index (χ1v) is 5.50. The SMILES string of the molecule is CC(CCCO)Nc1ncc(C#N)cc1[N+](=O)[O-]. The lowest BCUT2D eigenvalue weighted by atomic mass is 10.2. The number of anilines is 1. The van der Waals surface area contributed by atoms with Crippen LogP contribution in [0.3, 0.4) is 0 Å². The molecule has 1 heterocycles. The number of aromatic nitrogens is 1. The summed E-state index contributed by atoms with van der Waals surface area (Å²) in [7, 11) is 0. The summed E-state index contributed by atoms with van der Waals surface area (Å²) in [6, 6.07) is 2.95. The van der Waals surface area contributed by atoms with E-state index in [1.54, 1.807) is 0 Å². The molecule has 0 aliphatic carbocycles. The predicted octanol–water partition coefficient (Wildman–Crippen LogP) is 1.43. The van der Waals surface area contributed by atoms with Gasteiger partial charge in [-0.3, -0.25) is 10.1 Å². The Kier molecular flexibility index (Phi) is 5.02. The number of hydrogen-bond acceptors (Lipinski definition) is 6. The molecule has 7 heteroatoms. The van der Waals surface area contributed by atoms with Crippen LogP contribution in [-0.2, 0) is 0 Å². The lowest BCUT2D eigenvalue weighted by Gasteiger charge is -2.13. The third-order valence-corrected chi connectivity index (χ3v) is 2.37. The Balaban J connectivity index is 2.88. The van der Waals surface area contributed by atoms with Gasteiger partial charge >= 0.3 is 5.69 Å². The maximum Gasteiger partial charge on any atom is 0.312 e. The van der Waals surface area contributed by atoms with Crippen molar-refractivity contribution in [3.63, 3.8) is 0 Å². The largest absolute Gasteiger partial charge is 0.396 e. The molecule has 1 atom stereocenters. The fourth-order valence-electron chi connectivity index (χ4n) is 1.47. The molecule has 96 valence electrons. The third kappa shape index (κ3) is 3.68. The van der Waals surface area contributed by atoms with Gasteiger partial charge in [0.1, 0.15) is 6.07 Å². The summed E-state index contributed by atoms with van der Waals surface area (Å²) in [5, 5.41) is 31.1. The number of nitriles is 1. The molecule has 0 aliphatic rings. The van der Waals surface area contributed by atoms with Crippen LogP contribution in [0.5, 0.6) is 0 Å². The van der Waals surface area contributed by atoms with Crippen molar-refractivity contribution in [3.05, 3.63) is 27.9 Å². The molecule has 0 aliphatic heterocycles. The van der Waals surface area contributed by atoms with Gasteiger partial charge in [0.25, 0.3) is 0 Å². The highest BCUT2D eigenvalue weighted by Gasteiger charge is 2.17. The standard InChI is InChI=1S/C11H14N4O3/c1-8(3-2-4-16)14-11-10(15(17)18)5-9(6-12)7-13-11/h5,7-8,16H,2-4H2,1H3,(H,13,14). The van der Waals surface area contributed by atoms with Gasteiger partial charge in [-0.05, 0) is 19.8 Å². The van der Waals surface area contributed by atoms with E-state index in [0.717, 1.165) is 0 Å². The number of aliphatic hydroxyl groups excluding tert-OH is 1. The number of nitrogens with one attached hydrogen (secondary N) is 1. The summed E-state index contributed by atoms with van der Waals surface area (Å²) in [6.45, 7) is 1.92. The molecule has 0 saturated heterocycles. The highest BCUT2D eigenvalue weighted by Crippen LogP contribution is 2.23. The van der Waals surface area contributed by atoms with Gasteiger partial charge in [-0.25, -0.2) is 4.98 Å². The van der Waals surface area contributed by atoms with E-state index in [2.05, 4.69) is 10.3 Å². The topological polar surface area (TPSA) is 112 Å². The number of nitro groups is 1.